The van der Waals surface area contributed by atoms with Crippen LogP contribution in [0.3, 0.4) is 0 Å². The summed E-state index contributed by atoms with van der Waals surface area (Å²) in [6.45, 7) is 15.8. The highest BCUT2D eigenvalue weighted by Crippen LogP contribution is 2.11. The standard InChI is InChI=1S/C14H27N3O/c1-10(2)17(11(3)4)8-7-15-9-14-12(5)16-18-13(14)6/h10-11,15H,7-9H2,1-6H3. The Kier molecular flexibility index (Phi) is 5.82. The van der Waals surface area contributed by atoms with Crippen LogP contribution >= 0.6 is 0 Å². The van der Waals surface area contributed by atoms with Crippen LogP contribution in [0.2, 0.25) is 0 Å². The molecule has 0 atom stereocenters. The first kappa shape index (κ1) is 15.2. The summed E-state index contributed by atoms with van der Waals surface area (Å²) in [5, 5.41) is 7.43. The molecule has 18 heavy (non-hydrogen) atoms. The lowest BCUT2D eigenvalue weighted by molar-refractivity contribution is 0.176. The average molecular weight is 253 g/mol. The molecule has 0 spiro atoms. The molecule has 1 heterocycles. The Balaban J connectivity index is 2.34. The predicted molar refractivity (Wildman–Crippen MR) is 74.7 cm³/mol. The summed E-state index contributed by atoms with van der Waals surface area (Å²) >= 11 is 0. The van der Waals surface area contributed by atoms with Crippen LogP contribution in [0, 0.1) is 13.8 Å². The van der Waals surface area contributed by atoms with Gasteiger partial charge < -0.3 is 9.84 Å². The molecule has 0 aliphatic rings. The second kappa shape index (κ2) is 6.90. The van der Waals surface area contributed by atoms with Crippen molar-refractivity contribution < 1.29 is 4.52 Å². The largest absolute Gasteiger partial charge is 0.361 e. The van der Waals surface area contributed by atoms with E-state index >= 15 is 0 Å². The third-order valence-electron chi connectivity index (χ3n) is 3.36. The van der Waals surface area contributed by atoms with Crippen molar-refractivity contribution in [2.45, 2.75) is 60.2 Å². The van der Waals surface area contributed by atoms with Gasteiger partial charge in [0.1, 0.15) is 5.76 Å². The van der Waals surface area contributed by atoms with Gasteiger partial charge in [0.2, 0.25) is 0 Å². The Hall–Kier alpha value is -0.870. The lowest BCUT2D eigenvalue weighted by atomic mass is 10.2. The van der Waals surface area contributed by atoms with E-state index in [1.807, 2.05) is 13.8 Å². The predicted octanol–water partition coefficient (Wildman–Crippen LogP) is 2.50. The smallest absolute Gasteiger partial charge is 0.138 e. The normalized spacial score (nSPS) is 12.1. The molecule has 1 N–H and O–H groups in total. The third-order valence-corrected chi connectivity index (χ3v) is 3.36. The number of hydrogen-bond acceptors (Lipinski definition) is 4. The van der Waals surface area contributed by atoms with Crippen molar-refractivity contribution in [3.8, 4) is 0 Å². The van der Waals surface area contributed by atoms with Crippen molar-refractivity contribution in [1.29, 1.82) is 0 Å². The Morgan fingerprint density at radius 2 is 1.78 bits per heavy atom. The molecule has 104 valence electrons. The van der Waals surface area contributed by atoms with E-state index in [4.69, 9.17) is 4.52 Å². The lowest BCUT2D eigenvalue weighted by Gasteiger charge is -2.30. The molecule has 0 bridgehead atoms. The van der Waals surface area contributed by atoms with Gasteiger partial charge >= 0.3 is 0 Å². The van der Waals surface area contributed by atoms with Gasteiger partial charge in [0.25, 0.3) is 0 Å². The second-order valence-corrected chi connectivity index (χ2v) is 5.40. The highest BCUT2D eigenvalue weighted by atomic mass is 16.5. The monoisotopic (exact) mass is 253 g/mol. The number of nitrogens with zero attached hydrogens (tertiary/aromatic N) is 2. The van der Waals surface area contributed by atoms with E-state index in [1.54, 1.807) is 0 Å². The third kappa shape index (κ3) is 4.10. The first-order valence-electron chi connectivity index (χ1n) is 6.81. The molecular formula is C14H27N3O. The minimum absolute atomic E-state index is 0.589. The van der Waals surface area contributed by atoms with E-state index in [1.165, 1.54) is 5.56 Å². The minimum Gasteiger partial charge on any atom is -0.361 e. The molecule has 1 aromatic rings. The van der Waals surface area contributed by atoms with E-state index in [0.717, 1.165) is 31.1 Å². The van der Waals surface area contributed by atoms with Gasteiger partial charge in [0, 0.05) is 37.3 Å². The lowest BCUT2D eigenvalue weighted by Crippen LogP contribution is -2.41. The van der Waals surface area contributed by atoms with Gasteiger partial charge in [-0.15, -0.1) is 0 Å². The van der Waals surface area contributed by atoms with Crippen molar-refractivity contribution in [2.24, 2.45) is 0 Å². The van der Waals surface area contributed by atoms with Gasteiger partial charge in [0.15, 0.2) is 0 Å². The van der Waals surface area contributed by atoms with E-state index in [-0.39, 0.29) is 0 Å². The quantitative estimate of drug-likeness (QED) is 0.758. The molecule has 0 aliphatic heterocycles. The maximum Gasteiger partial charge on any atom is 0.138 e. The topological polar surface area (TPSA) is 41.3 Å². The summed E-state index contributed by atoms with van der Waals surface area (Å²) in [6.07, 6.45) is 0. The SMILES string of the molecule is Cc1noc(C)c1CNCCN(C(C)C)C(C)C. The van der Waals surface area contributed by atoms with Crippen molar-refractivity contribution >= 4 is 0 Å². The fourth-order valence-electron chi connectivity index (χ4n) is 2.29. The highest BCUT2D eigenvalue weighted by molar-refractivity contribution is 5.20. The number of nitrogens with one attached hydrogen (secondary N) is 1. The van der Waals surface area contributed by atoms with Crippen LogP contribution in [-0.2, 0) is 6.54 Å². The van der Waals surface area contributed by atoms with Crippen molar-refractivity contribution in [1.82, 2.24) is 15.4 Å². The van der Waals surface area contributed by atoms with Crippen molar-refractivity contribution in [3.05, 3.63) is 17.0 Å². The van der Waals surface area contributed by atoms with Gasteiger partial charge in [-0.1, -0.05) is 5.16 Å². The molecule has 0 aliphatic carbocycles. The van der Waals surface area contributed by atoms with E-state index in [2.05, 4.69) is 43.1 Å². The Morgan fingerprint density at radius 1 is 1.17 bits per heavy atom. The minimum atomic E-state index is 0.589. The zero-order valence-corrected chi connectivity index (χ0v) is 12.6. The molecule has 0 radical (unpaired) electrons. The summed E-state index contributed by atoms with van der Waals surface area (Å²) in [6, 6.07) is 1.18. The molecule has 4 nitrogen and oxygen atoms in total. The van der Waals surface area contributed by atoms with Gasteiger partial charge in [-0.2, -0.15) is 0 Å². The van der Waals surface area contributed by atoms with Crippen LogP contribution in [0.5, 0.6) is 0 Å². The van der Waals surface area contributed by atoms with E-state index in [9.17, 15) is 0 Å². The van der Waals surface area contributed by atoms with Crippen LogP contribution in [0.1, 0.15) is 44.7 Å². The number of rotatable bonds is 7. The Morgan fingerprint density at radius 3 is 2.22 bits per heavy atom. The van der Waals surface area contributed by atoms with Gasteiger partial charge in [-0.3, -0.25) is 4.90 Å². The summed E-state index contributed by atoms with van der Waals surface area (Å²) in [5.74, 6) is 0.921. The first-order chi connectivity index (χ1) is 8.43. The Bertz CT molecular complexity index is 330. The zero-order valence-electron chi connectivity index (χ0n) is 12.6. The molecule has 0 saturated heterocycles. The van der Waals surface area contributed by atoms with Gasteiger partial charge in [-0.25, -0.2) is 0 Å². The highest BCUT2D eigenvalue weighted by Gasteiger charge is 2.13. The number of hydrogen-bond donors (Lipinski definition) is 1. The van der Waals surface area contributed by atoms with Crippen LogP contribution in [0.25, 0.3) is 0 Å². The molecule has 0 aromatic carbocycles. The summed E-state index contributed by atoms with van der Waals surface area (Å²) in [5.41, 5.74) is 2.18. The van der Waals surface area contributed by atoms with Gasteiger partial charge in [-0.05, 0) is 41.5 Å². The van der Waals surface area contributed by atoms with Crippen LogP contribution in [0.4, 0.5) is 0 Å². The summed E-state index contributed by atoms with van der Waals surface area (Å²) in [4.78, 5) is 2.49. The fourth-order valence-corrected chi connectivity index (χ4v) is 2.29. The molecule has 0 amide bonds. The van der Waals surface area contributed by atoms with Crippen LogP contribution < -0.4 is 5.32 Å². The second-order valence-electron chi connectivity index (χ2n) is 5.40. The number of aryl methyl sites for hydroxylation is 2. The maximum atomic E-state index is 5.15. The molecule has 0 saturated carbocycles. The number of aromatic nitrogens is 1. The van der Waals surface area contributed by atoms with Crippen molar-refractivity contribution in [3.63, 3.8) is 0 Å². The summed E-state index contributed by atoms with van der Waals surface area (Å²) in [7, 11) is 0. The molecular weight excluding hydrogens is 226 g/mol. The first-order valence-corrected chi connectivity index (χ1v) is 6.81. The van der Waals surface area contributed by atoms with Crippen LogP contribution in [0.15, 0.2) is 4.52 Å². The summed E-state index contributed by atoms with van der Waals surface area (Å²) < 4.78 is 5.15. The molecule has 4 heteroatoms. The van der Waals surface area contributed by atoms with Crippen molar-refractivity contribution in [2.75, 3.05) is 13.1 Å². The zero-order chi connectivity index (χ0) is 13.7. The van der Waals surface area contributed by atoms with E-state index in [0.29, 0.717) is 12.1 Å². The molecule has 0 fully saturated rings. The van der Waals surface area contributed by atoms with Crippen LogP contribution in [-0.4, -0.2) is 35.2 Å². The average Bonchev–Trinajstić information content (AvgIpc) is 2.58. The molecule has 1 rings (SSSR count). The maximum absolute atomic E-state index is 5.15. The fraction of sp³-hybridized carbons (Fsp3) is 0.786. The van der Waals surface area contributed by atoms with E-state index < -0.39 is 0 Å². The van der Waals surface area contributed by atoms with Gasteiger partial charge in [0.05, 0.1) is 5.69 Å². The molecule has 1 aromatic heterocycles. The molecule has 0 unspecified atom stereocenters. The Labute approximate surface area is 111 Å².